The van der Waals surface area contributed by atoms with Crippen molar-refractivity contribution in [3.63, 3.8) is 0 Å². The summed E-state index contributed by atoms with van der Waals surface area (Å²) in [6, 6.07) is 1.40. The monoisotopic (exact) mass is 200 g/mol. The molecule has 0 aliphatic heterocycles. The number of hydrogen-bond acceptors (Lipinski definition) is 4. The quantitative estimate of drug-likeness (QED) is 0.563. The number of hydrogen-bond donors (Lipinski definition) is 1. The van der Waals surface area contributed by atoms with E-state index in [2.05, 4.69) is 4.98 Å². The Bertz CT molecular complexity index is 324. The lowest BCUT2D eigenvalue weighted by Gasteiger charge is -2.08. The van der Waals surface area contributed by atoms with E-state index < -0.39 is 0 Å². The van der Waals surface area contributed by atoms with E-state index in [9.17, 15) is 4.79 Å². The molecule has 0 saturated carbocycles. The first-order valence-electron chi connectivity index (χ1n) is 4.09. The standard InChI is InChI=1S/C8H12N2O2S/c1-2-13-8-9-7(12)3-4-10(8)5-6-11/h3-4,11H,2,5-6H2,1H3. The van der Waals surface area contributed by atoms with Crippen molar-refractivity contribution in [1.29, 1.82) is 0 Å². The van der Waals surface area contributed by atoms with Crippen molar-refractivity contribution in [3.8, 4) is 0 Å². The zero-order chi connectivity index (χ0) is 9.68. The molecular weight excluding hydrogens is 188 g/mol. The van der Waals surface area contributed by atoms with Crippen molar-refractivity contribution in [2.45, 2.75) is 18.6 Å². The van der Waals surface area contributed by atoms with E-state index in [4.69, 9.17) is 5.11 Å². The van der Waals surface area contributed by atoms with E-state index >= 15 is 0 Å². The molecule has 0 atom stereocenters. The van der Waals surface area contributed by atoms with Crippen LogP contribution in [-0.2, 0) is 6.54 Å². The molecule has 0 radical (unpaired) electrons. The summed E-state index contributed by atoms with van der Waals surface area (Å²) in [5.41, 5.74) is -0.231. The summed E-state index contributed by atoms with van der Waals surface area (Å²) in [6.45, 7) is 2.53. The van der Waals surface area contributed by atoms with Crippen molar-refractivity contribution in [1.82, 2.24) is 9.55 Å². The molecule has 0 aliphatic carbocycles. The van der Waals surface area contributed by atoms with E-state index in [0.29, 0.717) is 11.7 Å². The lowest BCUT2D eigenvalue weighted by Crippen LogP contribution is -2.14. The molecule has 1 aromatic heterocycles. The largest absolute Gasteiger partial charge is 0.395 e. The lowest BCUT2D eigenvalue weighted by molar-refractivity contribution is 0.270. The number of aliphatic hydroxyl groups excluding tert-OH is 1. The molecule has 1 heterocycles. The Morgan fingerprint density at radius 2 is 2.46 bits per heavy atom. The first-order valence-corrected chi connectivity index (χ1v) is 5.07. The van der Waals surface area contributed by atoms with E-state index in [1.165, 1.54) is 17.8 Å². The number of aliphatic hydroxyl groups is 1. The minimum Gasteiger partial charge on any atom is -0.395 e. The number of rotatable bonds is 4. The highest BCUT2D eigenvalue weighted by molar-refractivity contribution is 7.99. The van der Waals surface area contributed by atoms with Crippen molar-refractivity contribution in [2.75, 3.05) is 12.4 Å². The minimum absolute atomic E-state index is 0.0574. The zero-order valence-corrected chi connectivity index (χ0v) is 8.25. The number of aromatic nitrogens is 2. The fraction of sp³-hybridized carbons (Fsp3) is 0.500. The highest BCUT2D eigenvalue weighted by atomic mass is 32.2. The average Bonchev–Trinajstić information content (AvgIpc) is 2.10. The predicted octanol–water partition coefficient (Wildman–Crippen LogP) is 0.348. The van der Waals surface area contributed by atoms with Crippen LogP contribution in [0, 0.1) is 0 Å². The molecule has 1 rings (SSSR count). The molecule has 1 N–H and O–H groups in total. The van der Waals surface area contributed by atoms with Gasteiger partial charge in [-0.25, -0.2) is 0 Å². The van der Waals surface area contributed by atoms with Crippen LogP contribution in [0.4, 0.5) is 0 Å². The van der Waals surface area contributed by atoms with Gasteiger partial charge in [-0.05, 0) is 5.75 Å². The molecule has 0 aliphatic rings. The summed E-state index contributed by atoms with van der Waals surface area (Å²) >= 11 is 1.50. The van der Waals surface area contributed by atoms with Gasteiger partial charge in [-0.1, -0.05) is 18.7 Å². The van der Waals surface area contributed by atoms with Gasteiger partial charge in [0.25, 0.3) is 5.56 Å². The highest BCUT2D eigenvalue weighted by Crippen LogP contribution is 2.12. The Balaban J connectivity index is 2.96. The second kappa shape index (κ2) is 5.04. The Morgan fingerprint density at radius 1 is 1.69 bits per heavy atom. The first kappa shape index (κ1) is 10.3. The third kappa shape index (κ3) is 2.86. The molecule has 0 amide bonds. The highest BCUT2D eigenvalue weighted by Gasteiger charge is 2.00. The van der Waals surface area contributed by atoms with Crippen LogP contribution in [0.2, 0.25) is 0 Å². The zero-order valence-electron chi connectivity index (χ0n) is 7.43. The van der Waals surface area contributed by atoms with Crippen LogP contribution < -0.4 is 5.56 Å². The maximum absolute atomic E-state index is 10.9. The van der Waals surface area contributed by atoms with Crippen LogP contribution in [0.1, 0.15) is 6.92 Å². The van der Waals surface area contributed by atoms with E-state index in [1.807, 2.05) is 6.92 Å². The molecule has 13 heavy (non-hydrogen) atoms. The van der Waals surface area contributed by atoms with E-state index in [-0.39, 0.29) is 12.2 Å². The van der Waals surface area contributed by atoms with Crippen LogP contribution >= 0.6 is 11.8 Å². The smallest absolute Gasteiger partial charge is 0.273 e. The molecule has 0 fully saturated rings. The van der Waals surface area contributed by atoms with Crippen molar-refractivity contribution in [2.24, 2.45) is 0 Å². The average molecular weight is 200 g/mol. The van der Waals surface area contributed by atoms with Gasteiger partial charge in [0.15, 0.2) is 5.16 Å². The molecule has 5 heteroatoms. The molecule has 4 nitrogen and oxygen atoms in total. The Kier molecular flexibility index (Phi) is 3.98. The second-order valence-corrected chi connectivity index (χ2v) is 3.63. The summed E-state index contributed by atoms with van der Waals surface area (Å²) in [6.07, 6.45) is 1.66. The van der Waals surface area contributed by atoms with E-state index in [1.54, 1.807) is 10.8 Å². The third-order valence-corrected chi connectivity index (χ3v) is 2.34. The van der Waals surface area contributed by atoms with Crippen LogP contribution in [-0.4, -0.2) is 27.0 Å². The summed E-state index contributed by atoms with van der Waals surface area (Å²) in [5, 5.41) is 9.42. The molecule has 1 aromatic rings. The lowest BCUT2D eigenvalue weighted by atomic mass is 10.6. The molecule has 72 valence electrons. The second-order valence-electron chi connectivity index (χ2n) is 2.40. The molecule has 0 saturated heterocycles. The summed E-state index contributed by atoms with van der Waals surface area (Å²) in [7, 11) is 0. The van der Waals surface area contributed by atoms with Gasteiger partial charge in [-0.15, -0.1) is 0 Å². The topological polar surface area (TPSA) is 55.1 Å². The van der Waals surface area contributed by atoms with Crippen LogP contribution in [0.25, 0.3) is 0 Å². The van der Waals surface area contributed by atoms with Gasteiger partial charge in [0.05, 0.1) is 6.61 Å². The van der Waals surface area contributed by atoms with Gasteiger partial charge in [0, 0.05) is 18.8 Å². The van der Waals surface area contributed by atoms with Crippen LogP contribution in [0.5, 0.6) is 0 Å². The molecule has 0 spiro atoms. The maximum atomic E-state index is 10.9. The van der Waals surface area contributed by atoms with Gasteiger partial charge in [-0.2, -0.15) is 4.98 Å². The first-order chi connectivity index (χ1) is 6.27. The summed E-state index contributed by atoms with van der Waals surface area (Å²) in [5.74, 6) is 0.863. The summed E-state index contributed by atoms with van der Waals surface area (Å²) in [4.78, 5) is 14.8. The SMILES string of the molecule is CCSc1nc(=O)ccn1CCO. The van der Waals surface area contributed by atoms with Gasteiger partial charge in [0.2, 0.25) is 0 Å². The Hall–Kier alpha value is -0.810. The molecule has 0 unspecified atom stereocenters. The van der Waals surface area contributed by atoms with Gasteiger partial charge in [0.1, 0.15) is 0 Å². The number of nitrogens with zero attached hydrogens (tertiary/aromatic N) is 2. The molecular formula is C8H12N2O2S. The Morgan fingerprint density at radius 3 is 3.08 bits per heavy atom. The van der Waals surface area contributed by atoms with Crippen LogP contribution in [0.15, 0.2) is 22.2 Å². The number of thioether (sulfide) groups is 1. The maximum Gasteiger partial charge on any atom is 0.273 e. The van der Waals surface area contributed by atoms with Crippen LogP contribution in [0.3, 0.4) is 0 Å². The van der Waals surface area contributed by atoms with Gasteiger partial charge < -0.3 is 9.67 Å². The fourth-order valence-corrected chi connectivity index (χ4v) is 1.67. The summed E-state index contributed by atoms with van der Waals surface area (Å²) < 4.78 is 1.77. The molecule has 0 bridgehead atoms. The Labute approximate surface area is 80.6 Å². The minimum atomic E-state index is -0.231. The predicted molar refractivity (Wildman–Crippen MR) is 52.0 cm³/mol. The van der Waals surface area contributed by atoms with Gasteiger partial charge >= 0.3 is 0 Å². The third-order valence-electron chi connectivity index (χ3n) is 1.46. The van der Waals surface area contributed by atoms with Crippen molar-refractivity contribution in [3.05, 3.63) is 22.6 Å². The normalized spacial score (nSPS) is 10.3. The van der Waals surface area contributed by atoms with Crippen molar-refractivity contribution >= 4 is 11.8 Å². The van der Waals surface area contributed by atoms with E-state index in [0.717, 1.165) is 5.75 Å². The molecule has 0 aromatic carbocycles. The van der Waals surface area contributed by atoms with Crippen molar-refractivity contribution < 1.29 is 5.11 Å². The fourth-order valence-electron chi connectivity index (χ4n) is 0.935. The van der Waals surface area contributed by atoms with Gasteiger partial charge in [-0.3, -0.25) is 4.79 Å².